The topological polar surface area (TPSA) is 47.6 Å². The fraction of sp³-hybridized carbons (Fsp3) is 0.760. The van der Waals surface area contributed by atoms with Gasteiger partial charge in [0.1, 0.15) is 0 Å². The second kappa shape index (κ2) is 10.5. The minimum Gasteiger partial charge on any atom is -0.414 e. The van der Waals surface area contributed by atoms with Crippen LogP contribution in [0.25, 0.3) is 0 Å². The Balaban J connectivity index is 3.43. The first-order valence-corrected chi connectivity index (χ1v) is 18.7. The van der Waals surface area contributed by atoms with E-state index >= 15 is 0 Å². The lowest BCUT2D eigenvalue weighted by atomic mass is 10.0. The summed E-state index contributed by atoms with van der Waals surface area (Å²) in [5, 5.41) is 0.172. The Labute approximate surface area is 203 Å². The summed E-state index contributed by atoms with van der Waals surface area (Å²) in [5.41, 5.74) is 1.08. The molecule has 0 aliphatic heterocycles. The quantitative estimate of drug-likeness (QED) is 0.366. The zero-order valence-corrected chi connectivity index (χ0v) is 25.7. The van der Waals surface area contributed by atoms with Crippen molar-refractivity contribution in [1.29, 1.82) is 0 Å². The van der Waals surface area contributed by atoms with E-state index in [1.165, 1.54) is 0 Å². The first-order chi connectivity index (χ1) is 14.2. The molecule has 0 aromatic heterocycles. The second-order valence-corrected chi connectivity index (χ2v) is 24.4. The van der Waals surface area contributed by atoms with Gasteiger partial charge in [0.2, 0.25) is 0 Å². The second-order valence-electron chi connectivity index (χ2n) is 12.9. The molecule has 186 valence electrons. The van der Waals surface area contributed by atoms with Crippen LogP contribution in [0.2, 0.25) is 36.3 Å². The first-order valence-electron chi connectivity index (χ1n) is 11.7. The van der Waals surface area contributed by atoms with E-state index in [0.717, 1.165) is 5.56 Å². The van der Waals surface area contributed by atoms with Crippen LogP contribution in [0.5, 0.6) is 0 Å². The van der Waals surface area contributed by atoms with Gasteiger partial charge < -0.3 is 8.85 Å². The fourth-order valence-electron chi connectivity index (χ4n) is 2.57. The molecule has 4 nitrogen and oxygen atoms in total. The van der Waals surface area contributed by atoms with Crippen LogP contribution < -0.4 is 4.72 Å². The number of hydrogen-bond donors (Lipinski definition) is 1. The molecule has 1 N–H and O–H groups in total. The summed E-state index contributed by atoms with van der Waals surface area (Å²) in [6.07, 6.45) is -0.237. The molecule has 1 rings (SSSR count). The van der Waals surface area contributed by atoms with E-state index in [9.17, 15) is 4.21 Å². The minimum absolute atomic E-state index is 0.0621. The fourth-order valence-corrected chi connectivity index (χ4v) is 5.77. The van der Waals surface area contributed by atoms with Crippen molar-refractivity contribution in [2.24, 2.45) is 0 Å². The monoisotopic (exact) mass is 499 g/mol. The van der Waals surface area contributed by atoms with Crippen molar-refractivity contribution in [3.8, 4) is 0 Å². The molecular formula is C25H49NO3SSi2. The number of hydrogen-bond acceptors (Lipinski definition) is 3. The number of benzene rings is 1. The highest BCUT2D eigenvalue weighted by Gasteiger charge is 2.44. The molecule has 0 saturated carbocycles. The van der Waals surface area contributed by atoms with Gasteiger partial charge in [0.15, 0.2) is 16.6 Å². The number of nitrogens with one attached hydrogen (secondary N) is 1. The molecule has 1 aromatic rings. The van der Waals surface area contributed by atoms with Crippen LogP contribution in [0.3, 0.4) is 0 Å². The smallest absolute Gasteiger partial charge is 0.192 e. The highest BCUT2D eigenvalue weighted by atomic mass is 32.2. The average Bonchev–Trinajstić information content (AvgIpc) is 2.61. The molecule has 1 aromatic carbocycles. The van der Waals surface area contributed by atoms with E-state index in [4.69, 9.17) is 8.85 Å². The summed E-state index contributed by atoms with van der Waals surface area (Å²) in [6, 6.07) is 10.0. The van der Waals surface area contributed by atoms with Gasteiger partial charge in [0.25, 0.3) is 0 Å². The third-order valence-corrected chi connectivity index (χ3v) is 17.6. The Morgan fingerprint density at radius 1 is 0.844 bits per heavy atom. The summed E-state index contributed by atoms with van der Waals surface area (Å²) in [5.74, 6) is 0. The van der Waals surface area contributed by atoms with Gasteiger partial charge in [-0.15, -0.1) is 0 Å². The third kappa shape index (κ3) is 8.17. The molecule has 0 aliphatic carbocycles. The predicted molar refractivity (Wildman–Crippen MR) is 145 cm³/mol. The maximum atomic E-state index is 13.2. The van der Waals surface area contributed by atoms with Gasteiger partial charge in [-0.25, -0.2) is 8.93 Å². The first kappa shape index (κ1) is 29.7. The van der Waals surface area contributed by atoms with Crippen LogP contribution in [-0.2, 0) is 19.8 Å². The summed E-state index contributed by atoms with van der Waals surface area (Å²) in [7, 11) is -5.33. The average molecular weight is 500 g/mol. The van der Waals surface area contributed by atoms with Crippen molar-refractivity contribution in [3.63, 3.8) is 0 Å². The Kier molecular flexibility index (Phi) is 9.77. The van der Waals surface area contributed by atoms with Crippen LogP contribution in [0.1, 0.15) is 73.9 Å². The highest BCUT2D eigenvalue weighted by molar-refractivity contribution is 7.84. The van der Waals surface area contributed by atoms with Gasteiger partial charge >= 0.3 is 0 Å². The van der Waals surface area contributed by atoms with E-state index in [0.29, 0.717) is 6.61 Å². The lowest BCUT2D eigenvalue weighted by molar-refractivity contribution is 0.0822. The maximum Gasteiger partial charge on any atom is 0.192 e. The molecule has 0 fully saturated rings. The zero-order valence-electron chi connectivity index (χ0n) is 22.9. The Hall–Kier alpha value is -0.316. The van der Waals surface area contributed by atoms with E-state index < -0.39 is 27.6 Å². The molecule has 3 atom stereocenters. The Morgan fingerprint density at radius 3 is 1.72 bits per heavy atom. The molecule has 32 heavy (non-hydrogen) atoms. The zero-order chi connectivity index (χ0) is 25.2. The van der Waals surface area contributed by atoms with Crippen LogP contribution >= 0.6 is 0 Å². The largest absolute Gasteiger partial charge is 0.414 e. The summed E-state index contributed by atoms with van der Waals surface area (Å²) >= 11 is 0. The van der Waals surface area contributed by atoms with Crippen molar-refractivity contribution in [2.45, 2.75) is 115 Å². The van der Waals surface area contributed by atoms with Gasteiger partial charge in [-0.05, 0) is 62.6 Å². The molecule has 0 saturated heterocycles. The molecule has 7 heteroatoms. The van der Waals surface area contributed by atoms with Crippen molar-refractivity contribution in [1.82, 2.24) is 4.72 Å². The van der Waals surface area contributed by atoms with Crippen LogP contribution in [0.15, 0.2) is 30.3 Å². The summed E-state index contributed by atoms with van der Waals surface area (Å²) in [4.78, 5) is 0. The molecular weight excluding hydrogens is 451 g/mol. The third-order valence-electron chi connectivity index (χ3n) is 6.99. The van der Waals surface area contributed by atoms with Gasteiger partial charge in [0.05, 0.1) is 34.5 Å². The van der Waals surface area contributed by atoms with E-state index in [1.54, 1.807) is 0 Å². The van der Waals surface area contributed by atoms with Gasteiger partial charge in [-0.3, -0.25) is 0 Å². The Morgan fingerprint density at radius 2 is 1.31 bits per heavy atom. The van der Waals surface area contributed by atoms with Crippen molar-refractivity contribution >= 4 is 27.6 Å². The molecule has 0 aliphatic rings. The molecule has 0 unspecified atom stereocenters. The summed E-state index contributed by atoms with van der Waals surface area (Å²) < 4.78 is 29.9. The van der Waals surface area contributed by atoms with Gasteiger partial charge in [0, 0.05) is 0 Å². The van der Waals surface area contributed by atoms with Crippen LogP contribution in [0.4, 0.5) is 0 Å². The van der Waals surface area contributed by atoms with Gasteiger partial charge in [-0.2, -0.15) is 0 Å². The lowest BCUT2D eigenvalue weighted by Crippen LogP contribution is -2.52. The van der Waals surface area contributed by atoms with Crippen molar-refractivity contribution in [3.05, 3.63) is 35.9 Å². The molecule has 0 amide bonds. The standard InChI is InChI=1S/C25H49NO3SSi2/c1-23(2,3)30(27)26-22(20-17-15-14-16-18-20)21(29-32(12,13)25(7,8)9)19-28-31(10,11)24(4,5)6/h14-18,21-22,26H,19H2,1-13H3/t21-,22+,30+/m1/s1. The highest BCUT2D eigenvalue weighted by Crippen LogP contribution is 2.41. The van der Waals surface area contributed by atoms with E-state index in [1.807, 2.05) is 39.0 Å². The predicted octanol–water partition coefficient (Wildman–Crippen LogP) is 7.19. The molecule has 0 heterocycles. The summed E-state index contributed by atoms with van der Waals surface area (Å²) in [6.45, 7) is 29.1. The van der Waals surface area contributed by atoms with Gasteiger partial charge in [-0.1, -0.05) is 71.9 Å². The van der Waals surface area contributed by atoms with E-state index in [2.05, 4.69) is 84.6 Å². The lowest BCUT2D eigenvalue weighted by Gasteiger charge is -2.44. The van der Waals surface area contributed by atoms with Crippen LogP contribution in [0, 0.1) is 0 Å². The SMILES string of the molecule is CC(C)(C)[S@](=O)N[C@@H](c1ccccc1)[C@@H](CO[Si](C)(C)C(C)(C)C)O[Si](C)(C)C(C)(C)C. The molecule has 0 spiro atoms. The van der Waals surface area contributed by atoms with E-state index in [-0.39, 0.29) is 27.0 Å². The maximum absolute atomic E-state index is 13.2. The van der Waals surface area contributed by atoms with Crippen molar-refractivity contribution in [2.75, 3.05) is 6.61 Å². The van der Waals surface area contributed by atoms with Crippen molar-refractivity contribution < 1.29 is 13.1 Å². The minimum atomic E-state index is -2.11. The normalized spacial score (nSPS) is 17.2. The Bertz CT molecular complexity index is 747. The van der Waals surface area contributed by atoms with Crippen LogP contribution in [-0.4, -0.2) is 38.3 Å². The molecule has 0 bridgehead atoms. The number of rotatable bonds is 9. The molecule has 0 radical (unpaired) electrons.